The fourth-order valence-electron chi connectivity index (χ4n) is 3.12. The van der Waals surface area contributed by atoms with Crippen LogP contribution in [0.25, 0.3) is 22.0 Å². The van der Waals surface area contributed by atoms with Gasteiger partial charge in [-0.2, -0.15) is 0 Å². The summed E-state index contributed by atoms with van der Waals surface area (Å²) in [5.41, 5.74) is 1.13. The van der Waals surface area contributed by atoms with Crippen molar-refractivity contribution in [2.24, 2.45) is 0 Å². The number of hydrogen-bond donors (Lipinski definition) is 0. The minimum atomic E-state index is -0.396. The summed E-state index contributed by atoms with van der Waals surface area (Å²) in [5.74, 6) is 0.129. The number of rotatable bonds is 5. The number of fused-ring (bicyclic) bond motifs is 1. The van der Waals surface area contributed by atoms with Crippen LogP contribution in [0.15, 0.2) is 49.0 Å². The van der Waals surface area contributed by atoms with Gasteiger partial charge in [-0.3, -0.25) is 24.6 Å². The van der Waals surface area contributed by atoms with Crippen LogP contribution in [-0.2, 0) is 11.2 Å². The van der Waals surface area contributed by atoms with Crippen molar-refractivity contribution in [3.05, 3.63) is 54.7 Å². The van der Waals surface area contributed by atoms with E-state index < -0.39 is 6.17 Å². The third-order valence-electron chi connectivity index (χ3n) is 4.36. The van der Waals surface area contributed by atoms with Crippen molar-refractivity contribution in [2.75, 3.05) is 19.6 Å². The van der Waals surface area contributed by atoms with Crippen LogP contribution in [0.4, 0.5) is 0 Å². The van der Waals surface area contributed by atoms with Crippen molar-refractivity contribution in [1.29, 1.82) is 0 Å². The number of pyridine rings is 3. The molecule has 0 bridgehead atoms. The monoisotopic (exact) mass is 336 g/mol. The van der Waals surface area contributed by atoms with E-state index >= 15 is 0 Å². The molecule has 4 rings (SSSR count). The molecule has 25 heavy (non-hydrogen) atoms. The minimum absolute atomic E-state index is 0.122. The molecule has 0 atom stereocenters. The smallest absolute Gasteiger partial charge is 0.152 e. The van der Waals surface area contributed by atoms with E-state index in [0.29, 0.717) is 17.9 Å². The van der Waals surface area contributed by atoms with Gasteiger partial charge in [-0.15, -0.1) is 0 Å². The zero-order valence-electron chi connectivity index (χ0n) is 17.7. The summed E-state index contributed by atoms with van der Waals surface area (Å²) in [6.07, 6.45) is 5.14. The summed E-state index contributed by atoms with van der Waals surface area (Å²) in [7, 11) is 0. The van der Waals surface area contributed by atoms with Crippen molar-refractivity contribution in [3.8, 4) is 11.3 Å². The Morgan fingerprint density at radius 1 is 1.16 bits per heavy atom. The molecule has 1 aliphatic rings. The van der Waals surface area contributed by atoms with E-state index in [9.17, 15) is 4.79 Å². The molecule has 3 aromatic rings. The van der Waals surface area contributed by atoms with E-state index in [2.05, 4.69) is 19.9 Å². The van der Waals surface area contributed by atoms with Gasteiger partial charge >= 0.3 is 0 Å². The summed E-state index contributed by atoms with van der Waals surface area (Å²) in [5, 5.41) is 1.56. The minimum Gasteiger partial charge on any atom is -0.298 e. The molecule has 1 fully saturated rings. The number of hydrogen-bond acceptors (Lipinski definition) is 5. The van der Waals surface area contributed by atoms with Gasteiger partial charge in [0.05, 0.1) is 24.1 Å². The van der Waals surface area contributed by atoms with Gasteiger partial charge < -0.3 is 0 Å². The Morgan fingerprint density at radius 2 is 2.00 bits per heavy atom. The molecular formula is C20H20N4O. The van der Waals surface area contributed by atoms with E-state index in [0.717, 1.165) is 36.7 Å². The van der Waals surface area contributed by atoms with E-state index in [-0.39, 0.29) is 36.0 Å². The lowest BCUT2D eigenvalue weighted by molar-refractivity contribution is -0.119. The Morgan fingerprint density at radius 3 is 2.88 bits per heavy atom. The van der Waals surface area contributed by atoms with Crippen molar-refractivity contribution >= 4 is 16.6 Å². The van der Waals surface area contributed by atoms with Gasteiger partial charge in [-0.05, 0) is 55.5 Å². The highest BCUT2D eigenvalue weighted by atomic mass is 16.1. The Labute approximate surface area is 152 Å². The van der Waals surface area contributed by atoms with Gasteiger partial charge in [0.1, 0.15) is 0 Å². The summed E-state index contributed by atoms with van der Waals surface area (Å²) in [6.45, 7) is 2.39. The van der Waals surface area contributed by atoms with Gasteiger partial charge in [0, 0.05) is 41.4 Å². The molecule has 1 saturated heterocycles. The fraction of sp³-hybridized carbons (Fsp3) is 0.300. The molecule has 3 aromatic heterocycles. The summed E-state index contributed by atoms with van der Waals surface area (Å²) in [6, 6.07) is 2.96. The summed E-state index contributed by atoms with van der Waals surface area (Å²) >= 11 is 0. The predicted molar refractivity (Wildman–Crippen MR) is 97.2 cm³/mol. The van der Waals surface area contributed by atoms with Gasteiger partial charge in [0.15, 0.2) is 5.78 Å². The Bertz CT molecular complexity index is 1100. The van der Waals surface area contributed by atoms with Gasteiger partial charge in [0.2, 0.25) is 0 Å². The topological polar surface area (TPSA) is 59.0 Å². The number of ketones is 1. The second-order valence-electron chi connectivity index (χ2n) is 6.25. The number of nitrogens with zero attached hydrogens (tertiary/aromatic N) is 4. The molecule has 1 aliphatic heterocycles. The highest BCUT2D eigenvalue weighted by molar-refractivity contribution is 5.87. The molecule has 0 unspecified atom stereocenters. The Kier molecular flexibility index (Phi) is 3.34. The van der Waals surface area contributed by atoms with Crippen LogP contribution in [0, 0.1) is 0 Å². The maximum Gasteiger partial charge on any atom is 0.152 e. The van der Waals surface area contributed by atoms with Gasteiger partial charge in [-0.25, -0.2) is 0 Å². The number of carbonyl (C=O) groups is 1. The molecule has 5 heteroatoms. The SMILES string of the molecule is [2H]c1nc([2H])c(-c2cc3cc(CC(=O)CN4CCCC4)ncc3cn2)c([2H])c1[2H]. The van der Waals surface area contributed by atoms with E-state index in [1.54, 1.807) is 18.5 Å². The lowest BCUT2D eigenvalue weighted by Crippen LogP contribution is -2.27. The first-order valence-electron chi connectivity index (χ1n) is 10.4. The average molecular weight is 336 g/mol. The molecule has 0 aromatic carbocycles. The first-order valence-corrected chi connectivity index (χ1v) is 8.36. The van der Waals surface area contributed by atoms with Crippen LogP contribution in [0.5, 0.6) is 0 Å². The zero-order valence-corrected chi connectivity index (χ0v) is 13.7. The van der Waals surface area contributed by atoms with Crippen LogP contribution in [0.3, 0.4) is 0 Å². The first-order chi connectivity index (χ1) is 13.9. The molecular weight excluding hydrogens is 312 g/mol. The molecule has 126 valence electrons. The summed E-state index contributed by atoms with van der Waals surface area (Å²) in [4.78, 5) is 26.9. The molecule has 0 N–H and O–H groups in total. The maximum atomic E-state index is 12.4. The fourth-order valence-corrected chi connectivity index (χ4v) is 3.12. The lowest BCUT2D eigenvalue weighted by Gasteiger charge is -2.13. The first kappa shape index (κ1) is 11.8. The zero-order chi connectivity index (χ0) is 20.5. The van der Waals surface area contributed by atoms with Crippen molar-refractivity contribution in [3.63, 3.8) is 0 Å². The maximum absolute atomic E-state index is 12.4. The molecule has 5 nitrogen and oxygen atoms in total. The highest BCUT2D eigenvalue weighted by Gasteiger charge is 2.15. The largest absolute Gasteiger partial charge is 0.298 e. The van der Waals surface area contributed by atoms with E-state index in [1.165, 1.54) is 0 Å². The third-order valence-corrected chi connectivity index (χ3v) is 4.36. The summed E-state index contributed by atoms with van der Waals surface area (Å²) < 4.78 is 31.5. The quantitative estimate of drug-likeness (QED) is 0.717. The van der Waals surface area contributed by atoms with Gasteiger partial charge in [-0.1, -0.05) is 0 Å². The number of Topliss-reactive ketones (excluding diaryl/α,β-unsaturated/α-hetero) is 1. The number of likely N-dealkylation sites (tertiary alicyclic amines) is 1. The second kappa shape index (κ2) is 7.07. The number of carbonyl (C=O) groups excluding carboxylic acids is 1. The lowest BCUT2D eigenvalue weighted by atomic mass is 10.1. The number of aromatic nitrogens is 3. The van der Waals surface area contributed by atoms with Gasteiger partial charge in [0.25, 0.3) is 0 Å². The van der Waals surface area contributed by atoms with Crippen LogP contribution in [-0.4, -0.2) is 45.3 Å². The van der Waals surface area contributed by atoms with Crippen LogP contribution < -0.4 is 0 Å². The van der Waals surface area contributed by atoms with Crippen molar-refractivity contribution in [2.45, 2.75) is 19.3 Å². The predicted octanol–water partition coefficient (Wildman–Crippen LogP) is 2.90. The van der Waals surface area contributed by atoms with E-state index in [4.69, 9.17) is 5.48 Å². The molecule has 0 aliphatic carbocycles. The van der Waals surface area contributed by atoms with E-state index in [1.807, 2.05) is 6.07 Å². The standard InChI is InChI=1S/C20H20N4O/c25-19(14-24-6-1-2-7-24)10-18-8-16-9-20(15-4-3-5-21-11-15)23-13-17(16)12-22-18/h3-5,8-9,11-13H,1-2,6-7,10,14H2/i3D,4D,5D,11D. The molecule has 4 heterocycles. The van der Waals surface area contributed by atoms with Crippen LogP contribution >= 0.6 is 0 Å². The Hall–Kier alpha value is -2.66. The molecule has 0 saturated carbocycles. The van der Waals surface area contributed by atoms with Crippen LogP contribution in [0.1, 0.15) is 24.0 Å². The molecule has 0 amide bonds. The Balaban J connectivity index is 1.64. The molecule has 0 radical (unpaired) electrons. The van der Waals surface area contributed by atoms with Crippen molar-refractivity contribution < 1.29 is 10.3 Å². The average Bonchev–Trinajstić information content (AvgIpc) is 3.19. The van der Waals surface area contributed by atoms with Crippen molar-refractivity contribution in [1.82, 2.24) is 19.9 Å². The molecule has 0 spiro atoms. The van der Waals surface area contributed by atoms with Crippen LogP contribution in [0.2, 0.25) is 0 Å². The normalized spacial score (nSPS) is 17.1. The third kappa shape index (κ3) is 3.72. The highest BCUT2D eigenvalue weighted by Crippen LogP contribution is 2.21. The second-order valence-corrected chi connectivity index (χ2v) is 6.25.